The number of nitrogens with one attached hydrogen (secondary N) is 1. The molecule has 1 aliphatic carbocycles. The highest BCUT2D eigenvalue weighted by Gasteiger charge is 2.26. The lowest BCUT2D eigenvalue weighted by atomic mass is 9.75. The van der Waals surface area contributed by atoms with Gasteiger partial charge in [-0.05, 0) is 37.0 Å². The van der Waals surface area contributed by atoms with Crippen LogP contribution in [0.15, 0.2) is 6.20 Å². The van der Waals surface area contributed by atoms with Gasteiger partial charge in [-0.1, -0.05) is 27.7 Å². The van der Waals surface area contributed by atoms with E-state index in [-0.39, 0.29) is 0 Å². The van der Waals surface area contributed by atoms with Crippen LogP contribution in [0, 0.1) is 5.41 Å². The first-order chi connectivity index (χ1) is 8.87. The van der Waals surface area contributed by atoms with Crippen molar-refractivity contribution in [2.45, 2.75) is 71.9 Å². The predicted octanol–water partition coefficient (Wildman–Crippen LogP) is 3.60. The van der Waals surface area contributed by atoms with Gasteiger partial charge in [-0.3, -0.25) is 4.68 Å². The third-order valence-corrected chi connectivity index (χ3v) is 4.40. The summed E-state index contributed by atoms with van der Waals surface area (Å²) in [5, 5.41) is 8.30. The highest BCUT2D eigenvalue weighted by molar-refractivity contribution is 5.20. The SMILES string of the molecule is CC(C)c1nn(C)cc1CNC1CCC(C)(C)CC1. The van der Waals surface area contributed by atoms with Crippen LogP contribution in [0.2, 0.25) is 0 Å². The Morgan fingerprint density at radius 2 is 2.00 bits per heavy atom. The highest BCUT2D eigenvalue weighted by Crippen LogP contribution is 2.35. The molecule has 0 bridgehead atoms. The monoisotopic (exact) mass is 263 g/mol. The van der Waals surface area contributed by atoms with Crippen molar-refractivity contribution in [2.75, 3.05) is 0 Å². The Balaban J connectivity index is 1.89. The molecule has 1 aliphatic rings. The zero-order valence-electron chi connectivity index (χ0n) is 13.2. The van der Waals surface area contributed by atoms with E-state index in [9.17, 15) is 0 Å². The van der Waals surface area contributed by atoms with Crippen molar-refractivity contribution in [2.24, 2.45) is 12.5 Å². The molecular formula is C16H29N3. The topological polar surface area (TPSA) is 29.9 Å². The minimum absolute atomic E-state index is 0.503. The number of hydrogen-bond donors (Lipinski definition) is 1. The third kappa shape index (κ3) is 3.82. The zero-order chi connectivity index (χ0) is 14.0. The van der Waals surface area contributed by atoms with Crippen LogP contribution in [0.5, 0.6) is 0 Å². The van der Waals surface area contributed by atoms with E-state index in [2.05, 4.69) is 44.3 Å². The molecule has 1 saturated carbocycles. The quantitative estimate of drug-likeness (QED) is 0.899. The average Bonchev–Trinajstić information content (AvgIpc) is 2.69. The second-order valence-electron chi connectivity index (χ2n) is 7.19. The lowest BCUT2D eigenvalue weighted by Gasteiger charge is -2.34. The first kappa shape index (κ1) is 14.6. The Morgan fingerprint density at radius 3 is 2.58 bits per heavy atom. The van der Waals surface area contributed by atoms with E-state index in [1.54, 1.807) is 0 Å². The van der Waals surface area contributed by atoms with Crippen LogP contribution in [-0.4, -0.2) is 15.8 Å². The van der Waals surface area contributed by atoms with Gasteiger partial charge in [0.2, 0.25) is 0 Å². The van der Waals surface area contributed by atoms with E-state index < -0.39 is 0 Å². The fraction of sp³-hybridized carbons (Fsp3) is 0.812. The van der Waals surface area contributed by atoms with Crippen molar-refractivity contribution < 1.29 is 0 Å². The van der Waals surface area contributed by atoms with Crippen LogP contribution < -0.4 is 5.32 Å². The van der Waals surface area contributed by atoms with Gasteiger partial charge in [-0.2, -0.15) is 5.10 Å². The highest BCUT2D eigenvalue weighted by atomic mass is 15.3. The van der Waals surface area contributed by atoms with Gasteiger partial charge in [0.1, 0.15) is 0 Å². The van der Waals surface area contributed by atoms with E-state index in [0.717, 1.165) is 6.54 Å². The summed E-state index contributed by atoms with van der Waals surface area (Å²) in [6, 6.07) is 0.688. The summed E-state index contributed by atoms with van der Waals surface area (Å²) in [4.78, 5) is 0. The molecule has 1 aromatic rings. The molecule has 2 rings (SSSR count). The molecule has 108 valence electrons. The molecule has 0 unspecified atom stereocenters. The Morgan fingerprint density at radius 1 is 1.37 bits per heavy atom. The maximum absolute atomic E-state index is 4.57. The predicted molar refractivity (Wildman–Crippen MR) is 80.2 cm³/mol. The first-order valence-corrected chi connectivity index (χ1v) is 7.63. The molecule has 1 aromatic heterocycles. The second-order valence-corrected chi connectivity index (χ2v) is 7.19. The van der Waals surface area contributed by atoms with Crippen molar-refractivity contribution >= 4 is 0 Å². The Kier molecular flexibility index (Phi) is 4.34. The summed E-state index contributed by atoms with van der Waals surface area (Å²) in [6.07, 6.45) is 7.47. The Labute approximate surface area is 117 Å². The molecule has 19 heavy (non-hydrogen) atoms. The molecular weight excluding hydrogens is 234 g/mol. The van der Waals surface area contributed by atoms with Crippen LogP contribution >= 0.6 is 0 Å². The minimum Gasteiger partial charge on any atom is -0.310 e. The van der Waals surface area contributed by atoms with Crippen LogP contribution in [0.25, 0.3) is 0 Å². The van der Waals surface area contributed by atoms with Crippen LogP contribution in [0.1, 0.15) is 70.6 Å². The van der Waals surface area contributed by atoms with Crippen LogP contribution in [0.4, 0.5) is 0 Å². The van der Waals surface area contributed by atoms with Gasteiger partial charge >= 0.3 is 0 Å². The average molecular weight is 263 g/mol. The molecule has 1 heterocycles. The molecule has 0 aliphatic heterocycles. The largest absolute Gasteiger partial charge is 0.310 e. The van der Waals surface area contributed by atoms with Crippen LogP contribution in [-0.2, 0) is 13.6 Å². The molecule has 3 nitrogen and oxygen atoms in total. The Bertz CT molecular complexity index is 408. The molecule has 0 saturated heterocycles. The van der Waals surface area contributed by atoms with E-state index in [1.165, 1.54) is 36.9 Å². The summed E-state index contributed by atoms with van der Waals surface area (Å²) in [5.41, 5.74) is 3.16. The number of aryl methyl sites for hydroxylation is 1. The van der Waals surface area contributed by atoms with E-state index >= 15 is 0 Å². The van der Waals surface area contributed by atoms with Crippen molar-refractivity contribution in [1.29, 1.82) is 0 Å². The van der Waals surface area contributed by atoms with E-state index in [1.807, 2.05) is 11.7 Å². The number of aromatic nitrogens is 2. The number of rotatable bonds is 4. The standard InChI is InChI=1S/C16H29N3/c1-12(2)15-13(11-19(5)18-15)10-17-14-6-8-16(3,4)9-7-14/h11-12,14,17H,6-10H2,1-5H3. The molecule has 0 atom stereocenters. The summed E-state index contributed by atoms with van der Waals surface area (Å²) in [5.74, 6) is 0.503. The summed E-state index contributed by atoms with van der Waals surface area (Å²) < 4.78 is 1.94. The van der Waals surface area contributed by atoms with E-state index in [4.69, 9.17) is 0 Å². The molecule has 0 spiro atoms. The lowest BCUT2D eigenvalue weighted by Crippen LogP contribution is -2.35. The molecule has 1 N–H and O–H groups in total. The van der Waals surface area contributed by atoms with Crippen molar-refractivity contribution in [3.63, 3.8) is 0 Å². The number of hydrogen-bond acceptors (Lipinski definition) is 2. The Hall–Kier alpha value is -0.830. The van der Waals surface area contributed by atoms with Crippen molar-refractivity contribution in [3.8, 4) is 0 Å². The van der Waals surface area contributed by atoms with Gasteiger partial charge in [0.15, 0.2) is 0 Å². The maximum atomic E-state index is 4.57. The summed E-state index contributed by atoms with van der Waals surface area (Å²) in [7, 11) is 2.01. The molecule has 1 fully saturated rings. The fourth-order valence-electron chi connectivity index (χ4n) is 3.03. The van der Waals surface area contributed by atoms with Gasteiger partial charge in [-0.25, -0.2) is 0 Å². The summed E-state index contributed by atoms with van der Waals surface area (Å²) in [6.45, 7) is 10.2. The van der Waals surface area contributed by atoms with Gasteiger partial charge in [-0.15, -0.1) is 0 Å². The van der Waals surface area contributed by atoms with Gasteiger partial charge in [0.25, 0.3) is 0 Å². The second kappa shape index (κ2) is 5.66. The zero-order valence-corrected chi connectivity index (χ0v) is 13.2. The third-order valence-electron chi connectivity index (χ3n) is 4.40. The van der Waals surface area contributed by atoms with Gasteiger partial charge < -0.3 is 5.32 Å². The normalized spacial score (nSPS) is 20.1. The van der Waals surface area contributed by atoms with Gasteiger partial charge in [0.05, 0.1) is 5.69 Å². The fourth-order valence-corrected chi connectivity index (χ4v) is 3.03. The molecule has 0 radical (unpaired) electrons. The number of nitrogens with zero attached hydrogens (tertiary/aromatic N) is 2. The molecule has 0 amide bonds. The smallest absolute Gasteiger partial charge is 0.0694 e. The lowest BCUT2D eigenvalue weighted by molar-refractivity contribution is 0.206. The van der Waals surface area contributed by atoms with Crippen LogP contribution in [0.3, 0.4) is 0 Å². The molecule has 0 aromatic carbocycles. The first-order valence-electron chi connectivity index (χ1n) is 7.63. The van der Waals surface area contributed by atoms with E-state index in [0.29, 0.717) is 17.4 Å². The molecule has 3 heteroatoms. The van der Waals surface area contributed by atoms with Gasteiger partial charge in [0, 0.05) is 31.4 Å². The summed E-state index contributed by atoms with van der Waals surface area (Å²) >= 11 is 0. The van der Waals surface area contributed by atoms with Crippen molar-refractivity contribution in [1.82, 2.24) is 15.1 Å². The maximum Gasteiger partial charge on any atom is 0.0694 e. The van der Waals surface area contributed by atoms with Crippen molar-refractivity contribution in [3.05, 3.63) is 17.5 Å². The minimum atomic E-state index is 0.503.